The molecule has 0 aromatic heterocycles. The lowest BCUT2D eigenvalue weighted by Gasteiger charge is -2.22. The van der Waals surface area contributed by atoms with Crippen LogP contribution in [-0.4, -0.2) is 85.0 Å². The fraction of sp³-hybridized carbons (Fsp3) is 0.885. The molecule has 0 amide bonds. The number of aliphatic hydroxyl groups excluding tert-OH is 5. The number of carbonyl (C=O) groups is 3. The van der Waals surface area contributed by atoms with Crippen molar-refractivity contribution in [3.63, 3.8) is 0 Å². The standard InChI is InChI=1S/2C10H20O2.C6H12O6/c2*1-2-3-4-5-6-7-8-9-10(11)12;7-1-3(9)5(11)6(12)4(10)2-8/h2*2-9H2,1H3,(H,11,12);1,3-6,8-12H,2H2/t;;3-,4+,5+,6+/m..0/s1. The first kappa shape index (κ1) is 38.9. The first-order valence-corrected chi connectivity index (χ1v) is 13.3. The molecule has 216 valence electrons. The summed E-state index contributed by atoms with van der Waals surface area (Å²) in [4.78, 5) is 30.2. The van der Waals surface area contributed by atoms with Gasteiger partial charge in [-0.3, -0.25) is 9.59 Å². The number of aliphatic hydroxyl groups is 5. The molecule has 0 aromatic rings. The van der Waals surface area contributed by atoms with Crippen LogP contribution in [0.1, 0.15) is 117 Å². The van der Waals surface area contributed by atoms with Crippen LogP contribution in [0.15, 0.2) is 0 Å². The number of unbranched alkanes of at least 4 members (excludes halogenated alkanes) is 12. The SMILES string of the molecule is CCCCCCCCCC(=O)O.CCCCCCCCCC(=O)O.O=C[C@H](O)[C@@H](O)[C@H](O)[C@H](O)CO. The van der Waals surface area contributed by atoms with Gasteiger partial charge in [-0.1, -0.05) is 90.9 Å². The van der Waals surface area contributed by atoms with E-state index in [2.05, 4.69) is 13.8 Å². The number of rotatable bonds is 21. The Hall–Kier alpha value is -1.59. The Labute approximate surface area is 216 Å². The smallest absolute Gasteiger partial charge is 0.303 e. The molecular formula is C26H52O10. The van der Waals surface area contributed by atoms with Crippen molar-refractivity contribution in [1.82, 2.24) is 0 Å². The van der Waals surface area contributed by atoms with E-state index in [-0.39, 0.29) is 6.29 Å². The zero-order chi connectivity index (χ0) is 28.2. The van der Waals surface area contributed by atoms with Crippen molar-refractivity contribution < 1.29 is 50.1 Å². The number of carboxylic acid groups (broad SMARTS) is 2. The fourth-order valence-corrected chi connectivity index (χ4v) is 3.08. The van der Waals surface area contributed by atoms with Gasteiger partial charge in [-0.15, -0.1) is 0 Å². The van der Waals surface area contributed by atoms with E-state index in [1.165, 1.54) is 64.2 Å². The largest absolute Gasteiger partial charge is 0.481 e. The van der Waals surface area contributed by atoms with Gasteiger partial charge in [-0.2, -0.15) is 0 Å². The van der Waals surface area contributed by atoms with Gasteiger partial charge in [0.25, 0.3) is 0 Å². The number of hydrogen-bond acceptors (Lipinski definition) is 8. The summed E-state index contributed by atoms with van der Waals surface area (Å²) in [5, 5.41) is 60.2. The van der Waals surface area contributed by atoms with Gasteiger partial charge < -0.3 is 40.5 Å². The topological polar surface area (TPSA) is 193 Å². The van der Waals surface area contributed by atoms with Crippen molar-refractivity contribution >= 4 is 18.2 Å². The highest BCUT2D eigenvalue weighted by Gasteiger charge is 2.29. The highest BCUT2D eigenvalue weighted by atomic mass is 16.4. The van der Waals surface area contributed by atoms with E-state index in [9.17, 15) is 14.4 Å². The highest BCUT2D eigenvalue weighted by molar-refractivity contribution is 5.66. The molecule has 0 aliphatic carbocycles. The predicted molar refractivity (Wildman–Crippen MR) is 138 cm³/mol. The van der Waals surface area contributed by atoms with Crippen LogP contribution in [0.2, 0.25) is 0 Å². The molecule has 10 heteroatoms. The van der Waals surface area contributed by atoms with Gasteiger partial charge in [0.1, 0.15) is 24.4 Å². The van der Waals surface area contributed by atoms with E-state index in [1.807, 2.05) is 0 Å². The van der Waals surface area contributed by atoms with Crippen LogP contribution in [-0.2, 0) is 14.4 Å². The molecule has 0 fully saturated rings. The summed E-state index contributed by atoms with van der Waals surface area (Å²) < 4.78 is 0. The first-order chi connectivity index (χ1) is 17.1. The molecule has 0 rings (SSSR count). The molecule has 0 radical (unpaired) electrons. The monoisotopic (exact) mass is 524 g/mol. The summed E-state index contributed by atoms with van der Waals surface area (Å²) in [6.07, 6.45) is 10.4. The Bertz CT molecular complexity index is 473. The Kier molecular flexibility index (Phi) is 32.1. The van der Waals surface area contributed by atoms with Crippen LogP contribution in [0.5, 0.6) is 0 Å². The van der Waals surface area contributed by atoms with Crippen LogP contribution >= 0.6 is 0 Å². The minimum atomic E-state index is -1.79. The number of aliphatic carboxylic acids is 2. The Morgan fingerprint density at radius 1 is 0.611 bits per heavy atom. The minimum Gasteiger partial charge on any atom is -0.481 e. The molecule has 36 heavy (non-hydrogen) atoms. The average Bonchev–Trinajstić information content (AvgIpc) is 2.86. The van der Waals surface area contributed by atoms with Crippen LogP contribution in [0.25, 0.3) is 0 Å². The van der Waals surface area contributed by atoms with Crippen LogP contribution in [0.4, 0.5) is 0 Å². The third-order valence-corrected chi connectivity index (χ3v) is 5.41. The van der Waals surface area contributed by atoms with Crippen molar-refractivity contribution in [2.75, 3.05) is 6.61 Å². The maximum atomic E-state index is 10.1. The summed E-state index contributed by atoms with van der Waals surface area (Å²) in [6, 6.07) is 0. The number of aldehydes is 1. The molecule has 0 aromatic carbocycles. The van der Waals surface area contributed by atoms with E-state index in [4.69, 9.17) is 35.7 Å². The Morgan fingerprint density at radius 2 is 0.944 bits per heavy atom. The van der Waals surface area contributed by atoms with Crippen LogP contribution < -0.4 is 0 Å². The lowest BCUT2D eigenvalue weighted by molar-refractivity contribution is -0.138. The summed E-state index contributed by atoms with van der Waals surface area (Å²) in [5.74, 6) is -1.33. The van der Waals surface area contributed by atoms with Gasteiger partial charge in [0.2, 0.25) is 0 Å². The number of carboxylic acids is 2. The molecule has 0 aliphatic heterocycles. The lowest BCUT2D eigenvalue weighted by atomic mass is 10.0. The van der Waals surface area contributed by atoms with Crippen molar-refractivity contribution in [3.8, 4) is 0 Å². The van der Waals surface area contributed by atoms with Gasteiger partial charge >= 0.3 is 11.9 Å². The van der Waals surface area contributed by atoms with Gasteiger partial charge in [0.15, 0.2) is 6.29 Å². The second-order valence-corrected chi connectivity index (χ2v) is 8.89. The molecule has 0 saturated heterocycles. The molecular weight excluding hydrogens is 472 g/mol. The minimum absolute atomic E-state index is 0.0258. The number of carbonyl (C=O) groups excluding carboxylic acids is 1. The zero-order valence-corrected chi connectivity index (χ0v) is 22.3. The van der Waals surface area contributed by atoms with Gasteiger partial charge in [-0.05, 0) is 12.8 Å². The van der Waals surface area contributed by atoms with Crippen molar-refractivity contribution in [2.45, 2.75) is 141 Å². The second-order valence-electron chi connectivity index (χ2n) is 8.89. The molecule has 7 N–H and O–H groups in total. The summed E-state index contributed by atoms with van der Waals surface area (Å²) >= 11 is 0. The summed E-state index contributed by atoms with van der Waals surface area (Å²) in [6.45, 7) is 3.64. The predicted octanol–water partition coefficient (Wildman–Crippen LogP) is 3.04. The molecule has 0 heterocycles. The van der Waals surface area contributed by atoms with Gasteiger partial charge in [-0.25, -0.2) is 0 Å². The van der Waals surface area contributed by atoms with Crippen molar-refractivity contribution in [3.05, 3.63) is 0 Å². The van der Waals surface area contributed by atoms with Crippen LogP contribution in [0.3, 0.4) is 0 Å². The maximum Gasteiger partial charge on any atom is 0.303 e. The Morgan fingerprint density at radius 3 is 1.22 bits per heavy atom. The summed E-state index contributed by atoms with van der Waals surface area (Å²) in [5.41, 5.74) is 0. The van der Waals surface area contributed by atoms with E-state index in [1.54, 1.807) is 0 Å². The molecule has 0 spiro atoms. The number of hydrogen-bond donors (Lipinski definition) is 7. The molecule has 0 bridgehead atoms. The second kappa shape index (κ2) is 29.6. The molecule has 0 unspecified atom stereocenters. The van der Waals surface area contributed by atoms with Crippen LogP contribution in [0, 0.1) is 0 Å². The van der Waals surface area contributed by atoms with E-state index >= 15 is 0 Å². The third kappa shape index (κ3) is 30.4. The normalized spacial score (nSPS) is 13.8. The summed E-state index contributed by atoms with van der Waals surface area (Å²) in [7, 11) is 0. The Balaban J connectivity index is -0.000000454. The van der Waals surface area contributed by atoms with E-state index in [0.29, 0.717) is 12.8 Å². The zero-order valence-electron chi connectivity index (χ0n) is 22.3. The highest BCUT2D eigenvalue weighted by Crippen LogP contribution is 2.09. The molecule has 4 atom stereocenters. The lowest BCUT2D eigenvalue weighted by Crippen LogP contribution is -2.46. The molecule has 0 aliphatic rings. The first-order valence-electron chi connectivity index (χ1n) is 13.3. The third-order valence-electron chi connectivity index (χ3n) is 5.41. The molecule has 10 nitrogen and oxygen atoms in total. The van der Waals surface area contributed by atoms with E-state index in [0.717, 1.165) is 25.7 Å². The quantitative estimate of drug-likeness (QED) is 0.0866. The molecule has 0 saturated carbocycles. The van der Waals surface area contributed by atoms with E-state index < -0.39 is 43.0 Å². The van der Waals surface area contributed by atoms with Gasteiger partial charge in [0, 0.05) is 12.8 Å². The van der Waals surface area contributed by atoms with Crippen molar-refractivity contribution in [1.29, 1.82) is 0 Å². The fourth-order valence-electron chi connectivity index (χ4n) is 3.08. The van der Waals surface area contributed by atoms with Gasteiger partial charge in [0.05, 0.1) is 6.61 Å². The van der Waals surface area contributed by atoms with Crippen molar-refractivity contribution in [2.24, 2.45) is 0 Å². The maximum absolute atomic E-state index is 10.1. The average molecular weight is 525 g/mol.